The summed E-state index contributed by atoms with van der Waals surface area (Å²) in [4.78, 5) is 15.0. The molecule has 1 fully saturated rings. The Morgan fingerprint density at radius 2 is 2.05 bits per heavy atom. The highest BCUT2D eigenvalue weighted by atomic mass is 127. The van der Waals surface area contributed by atoms with E-state index in [1.54, 1.807) is 18.7 Å². The number of nitrogens with two attached hydrogens (primary N) is 1. The normalized spacial score (nSPS) is 15.5. The summed E-state index contributed by atoms with van der Waals surface area (Å²) in [6.45, 7) is 2.62. The highest BCUT2D eigenvalue weighted by Crippen LogP contribution is 2.10. The van der Waals surface area contributed by atoms with Gasteiger partial charge in [0.05, 0.1) is 6.54 Å². The van der Waals surface area contributed by atoms with Crippen LogP contribution < -0.4 is 5.73 Å². The van der Waals surface area contributed by atoms with Gasteiger partial charge in [-0.1, -0.05) is 0 Å². The van der Waals surface area contributed by atoms with Crippen molar-refractivity contribution in [1.82, 2.24) is 19.4 Å². The molecule has 0 aromatic carbocycles. The standard InChI is InChI=1S/C15H20N6.HI/c16-15(20-7-2-1-3-8-20)19-11-13-4-5-18-14(10-13)21-9-6-17-12-21;/h4-6,9-10,12H,1-3,7-8,11H2,(H2,16,19);1H. The molecular formula is C15H21IN6. The predicted molar refractivity (Wildman–Crippen MR) is 97.5 cm³/mol. The molecule has 6 nitrogen and oxygen atoms in total. The van der Waals surface area contributed by atoms with E-state index < -0.39 is 0 Å². The van der Waals surface area contributed by atoms with E-state index in [1.165, 1.54) is 19.3 Å². The number of nitrogens with zero attached hydrogens (tertiary/aromatic N) is 5. The van der Waals surface area contributed by atoms with Gasteiger partial charge in [-0.05, 0) is 37.0 Å². The average Bonchev–Trinajstić information content (AvgIpc) is 3.08. The second-order valence-electron chi connectivity index (χ2n) is 5.21. The highest BCUT2D eigenvalue weighted by molar-refractivity contribution is 14.0. The fraction of sp³-hybridized carbons (Fsp3) is 0.400. The highest BCUT2D eigenvalue weighted by Gasteiger charge is 2.11. The molecule has 7 heteroatoms. The smallest absolute Gasteiger partial charge is 0.191 e. The van der Waals surface area contributed by atoms with Crippen molar-refractivity contribution in [3.63, 3.8) is 0 Å². The van der Waals surface area contributed by atoms with E-state index in [4.69, 9.17) is 5.73 Å². The van der Waals surface area contributed by atoms with Crippen LogP contribution >= 0.6 is 24.0 Å². The van der Waals surface area contributed by atoms with Crippen LogP contribution in [0.5, 0.6) is 0 Å². The van der Waals surface area contributed by atoms with Crippen molar-refractivity contribution < 1.29 is 0 Å². The van der Waals surface area contributed by atoms with Gasteiger partial charge in [-0.25, -0.2) is 15.0 Å². The summed E-state index contributed by atoms with van der Waals surface area (Å²) in [5, 5.41) is 0. The molecule has 1 aliphatic rings. The first-order valence-electron chi connectivity index (χ1n) is 7.31. The number of hydrogen-bond acceptors (Lipinski definition) is 3. The molecule has 0 radical (unpaired) electrons. The van der Waals surface area contributed by atoms with E-state index in [0.717, 1.165) is 24.5 Å². The third kappa shape index (κ3) is 4.19. The van der Waals surface area contributed by atoms with E-state index in [0.29, 0.717) is 12.5 Å². The zero-order valence-corrected chi connectivity index (χ0v) is 14.8. The van der Waals surface area contributed by atoms with Crippen LogP contribution in [0.1, 0.15) is 24.8 Å². The molecule has 2 aromatic heterocycles. The fourth-order valence-corrected chi connectivity index (χ4v) is 2.49. The molecular weight excluding hydrogens is 391 g/mol. The van der Waals surface area contributed by atoms with Crippen LogP contribution in [0.4, 0.5) is 0 Å². The van der Waals surface area contributed by atoms with Gasteiger partial charge >= 0.3 is 0 Å². The maximum absolute atomic E-state index is 6.07. The summed E-state index contributed by atoms with van der Waals surface area (Å²) in [6.07, 6.45) is 10.8. The van der Waals surface area contributed by atoms with Gasteiger partial charge in [-0.15, -0.1) is 24.0 Å². The molecule has 0 aliphatic carbocycles. The minimum absolute atomic E-state index is 0. The van der Waals surface area contributed by atoms with Crippen molar-refractivity contribution >= 4 is 29.9 Å². The summed E-state index contributed by atoms with van der Waals surface area (Å²) >= 11 is 0. The lowest BCUT2D eigenvalue weighted by atomic mass is 10.1. The van der Waals surface area contributed by atoms with E-state index >= 15 is 0 Å². The number of guanidine groups is 1. The zero-order valence-electron chi connectivity index (χ0n) is 12.4. The maximum atomic E-state index is 6.07. The third-order valence-corrected chi connectivity index (χ3v) is 3.68. The molecule has 1 saturated heterocycles. The Morgan fingerprint density at radius 1 is 1.23 bits per heavy atom. The minimum Gasteiger partial charge on any atom is -0.370 e. The number of imidazole rings is 1. The summed E-state index contributed by atoms with van der Waals surface area (Å²) in [7, 11) is 0. The van der Waals surface area contributed by atoms with Gasteiger partial charge < -0.3 is 10.6 Å². The van der Waals surface area contributed by atoms with Gasteiger partial charge in [-0.2, -0.15) is 0 Å². The lowest BCUT2D eigenvalue weighted by molar-refractivity contribution is 0.338. The SMILES string of the molecule is I.NC(=NCc1ccnc(-n2ccnc2)c1)N1CCCCC1. The Hall–Kier alpha value is -1.64. The van der Waals surface area contributed by atoms with Gasteiger partial charge in [0.25, 0.3) is 0 Å². The average molecular weight is 412 g/mol. The molecule has 0 unspecified atom stereocenters. The quantitative estimate of drug-likeness (QED) is 0.477. The molecule has 0 spiro atoms. The van der Waals surface area contributed by atoms with Crippen LogP contribution in [0.3, 0.4) is 0 Å². The number of likely N-dealkylation sites (tertiary alicyclic amines) is 1. The molecule has 0 atom stereocenters. The van der Waals surface area contributed by atoms with E-state index in [1.807, 2.05) is 22.9 Å². The number of rotatable bonds is 3. The topological polar surface area (TPSA) is 72.3 Å². The first kappa shape index (κ1) is 16.7. The summed E-state index contributed by atoms with van der Waals surface area (Å²) in [5.41, 5.74) is 7.17. The molecule has 2 aromatic rings. The summed E-state index contributed by atoms with van der Waals surface area (Å²) in [6, 6.07) is 3.97. The van der Waals surface area contributed by atoms with Gasteiger partial charge in [0, 0.05) is 31.7 Å². The lowest BCUT2D eigenvalue weighted by Crippen LogP contribution is -2.40. The van der Waals surface area contributed by atoms with Crippen LogP contribution in [0, 0.1) is 0 Å². The van der Waals surface area contributed by atoms with E-state index in [2.05, 4.69) is 19.9 Å². The molecule has 0 bridgehead atoms. The Bertz CT molecular complexity index is 604. The number of aromatic nitrogens is 3. The first-order valence-corrected chi connectivity index (χ1v) is 7.31. The Labute approximate surface area is 147 Å². The number of pyridine rings is 1. The Balaban J connectivity index is 0.00000176. The fourth-order valence-electron chi connectivity index (χ4n) is 2.49. The minimum atomic E-state index is 0. The van der Waals surface area contributed by atoms with Crippen LogP contribution in [-0.2, 0) is 6.54 Å². The molecule has 3 rings (SSSR count). The van der Waals surface area contributed by atoms with Gasteiger partial charge in [0.2, 0.25) is 0 Å². The molecule has 0 amide bonds. The van der Waals surface area contributed by atoms with Gasteiger partial charge in [0.15, 0.2) is 5.96 Å². The number of hydrogen-bond donors (Lipinski definition) is 1. The zero-order chi connectivity index (χ0) is 14.5. The van der Waals surface area contributed by atoms with Crippen LogP contribution in [0.15, 0.2) is 42.0 Å². The monoisotopic (exact) mass is 412 g/mol. The van der Waals surface area contributed by atoms with Crippen molar-refractivity contribution in [3.8, 4) is 5.82 Å². The Morgan fingerprint density at radius 3 is 2.77 bits per heavy atom. The second-order valence-corrected chi connectivity index (χ2v) is 5.21. The maximum Gasteiger partial charge on any atom is 0.191 e. The molecule has 1 aliphatic heterocycles. The first-order chi connectivity index (χ1) is 10.3. The summed E-state index contributed by atoms with van der Waals surface area (Å²) in [5.74, 6) is 1.49. The second kappa shape index (κ2) is 8.11. The molecule has 118 valence electrons. The van der Waals surface area contributed by atoms with E-state index in [-0.39, 0.29) is 24.0 Å². The number of aliphatic imine (C=N–C) groups is 1. The molecule has 2 N–H and O–H groups in total. The largest absolute Gasteiger partial charge is 0.370 e. The molecule has 0 saturated carbocycles. The lowest BCUT2D eigenvalue weighted by Gasteiger charge is -2.27. The molecule has 3 heterocycles. The molecule has 22 heavy (non-hydrogen) atoms. The third-order valence-electron chi connectivity index (χ3n) is 3.68. The summed E-state index contributed by atoms with van der Waals surface area (Å²) < 4.78 is 1.88. The van der Waals surface area contributed by atoms with E-state index in [9.17, 15) is 0 Å². The van der Waals surface area contributed by atoms with Crippen LogP contribution in [-0.4, -0.2) is 38.5 Å². The van der Waals surface area contributed by atoms with Crippen molar-refractivity contribution in [2.75, 3.05) is 13.1 Å². The van der Waals surface area contributed by atoms with Gasteiger partial charge in [-0.3, -0.25) is 4.57 Å². The predicted octanol–water partition coefficient (Wildman–Crippen LogP) is 2.19. The van der Waals surface area contributed by atoms with Crippen molar-refractivity contribution in [2.45, 2.75) is 25.8 Å². The number of halogens is 1. The van der Waals surface area contributed by atoms with Crippen molar-refractivity contribution in [1.29, 1.82) is 0 Å². The van der Waals surface area contributed by atoms with Crippen LogP contribution in [0.2, 0.25) is 0 Å². The van der Waals surface area contributed by atoms with Crippen molar-refractivity contribution in [2.24, 2.45) is 10.7 Å². The number of piperidine rings is 1. The Kier molecular flexibility index (Phi) is 6.17. The van der Waals surface area contributed by atoms with Gasteiger partial charge in [0.1, 0.15) is 12.1 Å². The van der Waals surface area contributed by atoms with Crippen LogP contribution in [0.25, 0.3) is 5.82 Å². The van der Waals surface area contributed by atoms with Crippen molar-refractivity contribution in [3.05, 3.63) is 42.6 Å².